The zero-order valence-corrected chi connectivity index (χ0v) is 10.4. The van der Waals surface area contributed by atoms with Gasteiger partial charge in [-0.1, -0.05) is 6.08 Å². The fourth-order valence-corrected chi connectivity index (χ4v) is 1.71. The van der Waals surface area contributed by atoms with Crippen molar-refractivity contribution in [1.82, 2.24) is 4.98 Å². The molecule has 0 unspecified atom stereocenters. The molecule has 1 heterocycles. The fourth-order valence-electron chi connectivity index (χ4n) is 1.71. The number of nitrogen functional groups attached to an aromatic ring is 1. The third kappa shape index (κ3) is 2.69. The van der Waals surface area contributed by atoms with Gasteiger partial charge in [-0.3, -0.25) is 4.98 Å². The second-order valence-corrected chi connectivity index (χ2v) is 4.10. The van der Waals surface area contributed by atoms with Crippen LogP contribution in [0.2, 0.25) is 0 Å². The first-order valence-electron chi connectivity index (χ1n) is 5.78. The largest absolute Gasteiger partial charge is 0.457 e. The van der Waals surface area contributed by atoms with Crippen molar-refractivity contribution in [3.8, 4) is 11.5 Å². The molecule has 0 aliphatic rings. The van der Waals surface area contributed by atoms with E-state index < -0.39 is 0 Å². The Morgan fingerprint density at radius 3 is 2.89 bits per heavy atom. The van der Waals surface area contributed by atoms with E-state index in [1.807, 2.05) is 37.3 Å². The maximum atomic E-state index is 5.90. The molecule has 0 fully saturated rings. The molecule has 0 bridgehead atoms. The van der Waals surface area contributed by atoms with Crippen LogP contribution in [0.4, 0.5) is 5.69 Å². The molecule has 2 N–H and O–H groups in total. The van der Waals surface area contributed by atoms with Crippen LogP contribution in [0.15, 0.2) is 49.3 Å². The Labute approximate surface area is 107 Å². The molecular formula is C15H16N2O. The van der Waals surface area contributed by atoms with Crippen molar-refractivity contribution < 1.29 is 4.74 Å². The Morgan fingerprint density at radius 2 is 2.17 bits per heavy atom. The highest BCUT2D eigenvalue weighted by molar-refractivity contribution is 5.50. The van der Waals surface area contributed by atoms with E-state index in [9.17, 15) is 0 Å². The molecule has 92 valence electrons. The molecule has 1 aromatic carbocycles. The monoisotopic (exact) mass is 240 g/mol. The zero-order valence-electron chi connectivity index (χ0n) is 10.4. The Hall–Kier alpha value is -2.29. The lowest BCUT2D eigenvalue weighted by Crippen LogP contribution is -1.95. The van der Waals surface area contributed by atoms with Crippen molar-refractivity contribution >= 4 is 5.69 Å². The summed E-state index contributed by atoms with van der Waals surface area (Å²) in [7, 11) is 0. The second kappa shape index (κ2) is 5.36. The number of hydrogen-bond donors (Lipinski definition) is 1. The second-order valence-electron chi connectivity index (χ2n) is 4.10. The Bertz CT molecular complexity index is 564. The van der Waals surface area contributed by atoms with Gasteiger partial charge >= 0.3 is 0 Å². The van der Waals surface area contributed by atoms with Gasteiger partial charge in [0.15, 0.2) is 0 Å². The Morgan fingerprint density at radius 1 is 1.33 bits per heavy atom. The molecule has 0 aliphatic carbocycles. The first-order valence-corrected chi connectivity index (χ1v) is 5.78. The maximum absolute atomic E-state index is 5.90. The molecule has 2 rings (SSSR count). The molecule has 18 heavy (non-hydrogen) atoms. The Balaban J connectivity index is 2.34. The number of nitrogens with two attached hydrogens (primary N) is 1. The van der Waals surface area contributed by atoms with Gasteiger partial charge in [0.1, 0.15) is 11.5 Å². The van der Waals surface area contributed by atoms with E-state index in [1.54, 1.807) is 12.4 Å². The maximum Gasteiger partial charge on any atom is 0.133 e. The topological polar surface area (TPSA) is 48.1 Å². The van der Waals surface area contributed by atoms with Gasteiger partial charge < -0.3 is 10.5 Å². The number of pyridine rings is 1. The van der Waals surface area contributed by atoms with Gasteiger partial charge in [0, 0.05) is 29.2 Å². The lowest BCUT2D eigenvalue weighted by molar-refractivity contribution is 0.473. The predicted octanol–water partition coefficient (Wildman–Crippen LogP) is 3.49. The molecule has 0 aliphatic heterocycles. The van der Waals surface area contributed by atoms with Crippen molar-refractivity contribution in [1.29, 1.82) is 0 Å². The lowest BCUT2D eigenvalue weighted by atomic mass is 10.1. The van der Waals surface area contributed by atoms with E-state index >= 15 is 0 Å². The Kier molecular flexibility index (Phi) is 3.63. The van der Waals surface area contributed by atoms with E-state index in [0.29, 0.717) is 0 Å². The van der Waals surface area contributed by atoms with Gasteiger partial charge in [-0.05, 0) is 37.6 Å². The van der Waals surface area contributed by atoms with Crippen molar-refractivity contribution in [2.75, 3.05) is 5.73 Å². The van der Waals surface area contributed by atoms with E-state index in [1.165, 1.54) is 0 Å². The summed E-state index contributed by atoms with van der Waals surface area (Å²) in [6.07, 6.45) is 6.05. The van der Waals surface area contributed by atoms with Gasteiger partial charge in [0.05, 0.1) is 0 Å². The highest BCUT2D eigenvalue weighted by Gasteiger charge is 2.06. The van der Waals surface area contributed by atoms with Crippen LogP contribution in [-0.4, -0.2) is 4.98 Å². The molecule has 0 spiro atoms. The SMILES string of the molecule is C=CCc1cc(N)ccc1Oc1ccncc1C. The standard InChI is InChI=1S/C15H16N2O/c1-3-4-12-9-13(16)5-6-15(12)18-14-7-8-17-10-11(14)2/h3,5-10H,1,4,16H2,2H3. The third-order valence-electron chi connectivity index (χ3n) is 2.64. The number of allylic oxidation sites excluding steroid dienone is 1. The fraction of sp³-hybridized carbons (Fsp3) is 0.133. The summed E-state index contributed by atoms with van der Waals surface area (Å²) in [5.74, 6) is 1.61. The van der Waals surface area contributed by atoms with Gasteiger partial charge in [0.2, 0.25) is 0 Å². The normalized spacial score (nSPS) is 10.1. The number of hydrogen-bond acceptors (Lipinski definition) is 3. The summed E-state index contributed by atoms with van der Waals surface area (Å²) < 4.78 is 5.90. The molecule has 0 amide bonds. The van der Waals surface area contributed by atoms with Crippen molar-refractivity contribution in [3.05, 3.63) is 60.4 Å². The van der Waals surface area contributed by atoms with E-state index in [-0.39, 0.29) is 0 Å². The minimum atomic E-state index is 0.727. The number of aryl methyl sites for hydroxylation is 1. The smallest absolute Gasteiger partial charge is 0.133 e. The first kappa shape index (κ1) is 12.2. The van der Waals surface area contributed by atoms with Crippen LogP contribution in [0.25, 0.3) is 0 Å². The molecule has 0 saturated carbocycles. The molecule has 0 radical (unpaired) electrons. The molecule has 3 heteroatoms. The van der Waals surface area contributed by atoms with Gasteiger partial charge in [-0.2, -0.15) is 0 Å². The minimum absolute atomic E-state index is 0.727. The first-order chi connectivity index (χ1) is 8.70. The van der Waals surface area contributed by atoms with Crippen LogP contribution in [-0.2, 0) is 6.42 Å². The van der Waals surface area contributed by atoms with Gasteiger partial charge in [0.25, 0.3) is 0 Å². The van der Waals surface area contributed by atoms with Crippen molar-refractivity contribution in [2.45, 2.75) is 13.3 Å². The van der Waals surface area contributed by atoms with Gasteiger partial charge in [-0.15, -0.1) is 6.58 Å². The van der Waals surface area contributed by atoms with Crippen LogP contribution >= 0.6 is 0 Å². The summed E-state index contributed by atoms with van der Waals surface area (Å²) in [5, 5.41) is 0. The van der Waals surface area contributed by atoms with Crippen molar-refractivity contribution in [2.24, 2.45) is 0 Å². The minimum Gasteiger partial charge on any atom is -0.457 e. The number of nitrogens with zero attached hydrogens (tertiary/aromatic N) is 1. The third-order valence-corrected chi connectivity index (χ3v) is 2.64. The summed E-state index contributed by atoms with van der Waals surface area (Å²) in [5.41, 5.74) is 8.54. The molecule has 2 aromatic rings. The number of rotatable bonds is 4. The van der Waals surface area contributed by atoms with Crippen LogP contribution in [0.3, 0.4) is 0 Å². The number of aromatic nitrogens is 1. The average molecular weight is 240 g/mol. The van der Waals surface area contributed by atoms with E-state index in [4.69, 9.17) is 10.5 Å². The average Bonchev–Trinajstić information content (AvgIpc) is 2.35. The predicted molar refractivity (Wildman–Crippen MR) is 73.8 cm³/mol. The van der Waals surface area contributed by atoms with Gasteiger partial charge in [-0.25, -0.2) is 0 Å². The van der Waals surface area contributed by atoms with Crippen LogP contribution < -0.4 is 10.5 Å². The molecule has 3 nitrogen and oxygen atoms in total. The summed E-state index contributed by atoms with van der Waals surface area (Å²) in [6.45, 7) is 5.71. The number of ether oxygens (including phenoxy) is 1. The van der Waals surface area contributed by atoms with Crippen LogP contribution in [0.1, 0.15) is 11.1 Å². The number of anilines is 1. The van der Waals surface area contributed by atoms with Crippen molar-refractivity contribution in [3.63, 3.8) is 0 Å². The molecular weight excluding hydrogens is 224 g/mol. The van der Waals surface area contributed by atoms with E-state index in [2.05, 4.69) is 11.6 Å². The summed E-state index contributed by atoms with van der Waals surface area (Å²) >= 11 is 0. The molecule has 0 atom stereocenters. The highest BCUT2D eigenvalue weighted by Crippen LogP contribution is 2.29. The highest BCUT2D eigenvalue weighted by atomic mass is 16.5. The quantitative estimate of drug-likeness (QED) is 0.657. The lowest BCUT2D eigenvalue weighted by Gasteiger charge is -2.12. The molecule has 0 saturated heterocycles. The summed E-state index contributed by atoms with van der Waals surface area (Å²) in [6, 6.07) is 7.48. The zero-order chi connectivity index (χ0) is 13.0. The van der Waals surface area contributed by atoms with Crippen LogP contribution in [0.5, 0.6) is 11.5 Å². The van der Waals surface area contributed by atoms with Crippen LogP contribution in [0, 0.1) is 6.92 Å². The number of benzene rings is 1. The molecule has 1 aromatic heterocycles. The van der Waals surface area contributed by atoms with E-state index in [0.717, 1.165) is 34.7 Å². The summed E-state index contributed by atoms with van der Waals surface area (Å²) in [4.78, 5) is 4.04.